The van der Waals surface area contributed by atoms with Crippen molar-refractivity contribution in [2.24, 2.45) is 0 Å². The van der Waals surface area contributed by atoms with Crippen molar-refractivity contribution in [2.75, 3.05) is 26.5 Å². The molecular weight excluding hydrogens is 571 g/mol. The summed E-state index contributed by atoms with van der Waals surface area (Å²) in [6, 6.07) is 13.6. The second-order valence-electron chi connectivity index (χ2n) is 9.02. The molecule has 5 rings (SSSR count). The van der Waals surface area contributed by atoms with Gasteiger partial charge in [-0.25, -0.2) is 8.42 Å². The molecule has 1 aromatic heterocycles. The topological polar surface area (TPSA) is 85.4 Å². The van der Waals surface area contributed by atoms with Crippen molar-refractivity contribution < 1.29 is 27.4 Å². The highest BCUT2D eigenvalue weighted by Gasteiger charge is 2.33. The minimum absolute atomic E-state index is 0.0355. The van der Waals surface area contributed by atoms with E-state index in [-0.39, 0.29) is 53.4 Å². The number of hydrogen-bond donors (Lipinski definition) is 0. The number of rotatable bonds is 10. The van der Waals surface area contributed by atoms with Crippen LogP contribution in [0.25, 0.3) is 0 Å². The van der Waals surface area contributed by atoms with E-state index in [1.165, 1.54) is 29.5 Å². The molecule has 3 aromatic rings. The Labute approximate surface area is 235 Å². The summed E-state index contributed by atoms with van der Waals surface area (Å²) < 4.78 is 45.3. The van der Waals surface area contributed by atoms with Crippen molar-refractivity contribution in [1.29, 1.82) is 0 Å². The third-order valence-electron chi connectivity index (χ3n) is 6.34. The van der Waals surface area contributed by atoms with Gasteiger partial charge in [-0.15, -0.1) is 11.3 Å². The van der Waals surface area contributed by atoms with Gasteiger partial charge >= 0.3 is 0 Å². The van der Waals surface area contributed by atoms with Gasteiger partial charge in [0, 0.05) is 29.6 Å². The Morgan fingerprint density at radius 3 is 2.66 bits per heavy atom. The normalized spacial score (nSPS) is 16.8. The van der Waals surface area contributed by atoms with Crippen LogP contribution < -0.4 is 9.47 Å². The maximum Gasteiger partial charge on any atom is 0.245 e. The van der Waals surface area contributed by atoms with Crippen LogP contribution in [0, 0.1) is 0 Å². The zero-order valence-electron chi connectivity index (χ0n) is 20.3. The monoisotopic (exact) mass is 596 g/mol. The predicted molar refractivity (Wildman–Crippen MR) is 145 cm³/mol. The first-order chi connectivity index (χ1) is 18.3. The molecule has 2 aromatic carbocycles. The van der Waals surface area contributed by atoms with E-state index in [1.54, 1.807) is 11.0 Å². The Morgan fingerprint density at radius 2 is 1.89 bits per heavy atom. The molecule has 0 spiro atoms. The van der Waals surface area contributed by atoms with Gasteiger partial charge in [0.25, 0.3) is 0 Å². The van der Waals surface area contributed by atoms with Crippen molar-refractivity contribution >= 4 is 50.5 Å². The average molecular weight is 598 g/mol. The fourth-order valence-corrected chi connectivity index (χ4v) is 7.29. The first-order valence-corrected chi connectivity index (χ1v) is 15.1. The molecule has 3 heterocycles. The second-order valence-corrected chi connectivity index (χ2v) is 12.8. The largest absolute Gasteiger partial charge is 0.454 e. The summed E-state index contributed by atoms with van der Waals surface area (Å²) in [7, 11) is -4.16. The molecule has 202 valence electrons. The standard InChI is InChI=1S/C26H26Cl2N2O6S2/c27-19-6-7-22(28)25(12-19)38(32,33)30(14-20-3-1-9-34-20)16-26(31)29(15-21-4-2-10-37-21)13-18-5-8-23-24(11-18)36-17-35-23/h2,4-8,10-12,20H,1,3,9,13-17H2. The van der Waals surface area contributed by atoms with Crippen LogP contribution in [0.5, 0.6) is 11.5 Å². The lowest BCUT2D eigenvalue weighted by atomic mass is 10.2. The van der Waals surface area contributed by atoms with Gasteiger partial charge in [-0.2, -0.15) is 4.31 Å². The minimum Gasteiger partial charge on any atom is -0.454 e. The number of sulfonamides is 1. The molecular formula is C26H26Cl2N2O6S2. The lowest BCUT2D eigenvalue weighted by Crippen LogP contribution is -2.45. The van der Waals surface area contributed by atoms with E-state index in [9.17, 15) is 13.2 Å². The van der Waals surface area contributed by atoms with Crippen molar-refractivity contribution in [3.05, 3.63) is 74.4 Å². The average Bonchev–Trinajstić information content (AvgIpc) is 3.67. The molecule has 2 aliphatic heterocycles. The SMILES string of the molecule is O=C(CN(CC1CCCO1)S(=O)(=O)c1cc(Cl)ccc1Cl)N(Cc1ccc2c(c1)OCO2)Cc1cccs1. The number of carbonyl (C=O) groups is 1. The van der Waals surface area contributed by atoms with Crippen LogP contribution in [-0.2, 0) is 32.6 Å². The van der Waals surface area contributed by atoms with E-state index in [0.717, 1.165) is 21.2 Å². The van der Waals surface area contributed by atoms with Crippen LogP contribution in [-0.4, -0.2) is 56.1 Å². The van der Waals surface area contributed by atoms with Gasteiger partial charge in [0.15, 0.2) is 11.5 Å². The molecule has 1 fully saturated rings. The van der Waals surface area contributed by atoms with Crippen LogP contribution in [0.1, 0.15) is 23.3 Å². The number of nitrogens with zero attached hydrogens (tertiary/aromatic N) is 2. The highest BCUT2D eigenvalue weighted by atomic mass is 35.5. The maximum atomic E-state index is 13.8. The number of fused-ring (bicyclic) bond motifs is 1. The summed E-state index contributed by atoms with van der Waals surface area (Å²) in [5, 5.41) is 2.21. The lowest BCUT2D eigenvalue weighted by molar-refractivity contribution is -0.132. The van der Waals surface area contributed by atoms with E-state index >= 15 is 0 Å². The summed E-state index contributed by atoms with van der Waals surface area (Å²) in [5.41, 5.74) is 0.838. The van der Waals surface area contributed by atoms with Crippen LogP contribution in [0.15, 0.2) is 58.8 Å². The van der Waals surface area contributed by atoms with E-state index in [0.29, 0.717) is 31.1 Å². The van der Waals surface area contributed by atoms with Crippen LogP contribution >= 0.6 is 34.5 Å². The Hall–Kier alpha value is -2.34. The number of ether oxygens (including phenoxy) is 3. The Bertz CT molecular complexity index is 1390. The molecule has 1 amide bonds. The third kappa shape index (κ3) is 6.27. The number of benzene rings is 2. The molecule has 12 heteroatoms. The number of hydrogen-bond acceptors (Lipinski definition) is 7. The maximum absolute atomic E-state index is 13.8. The van der Waals surface area contributed by atoms with Gasteiger partial charge in [0.1, 0.15) is 4.90 Å². The van der Waals surface area contributed by atoms with Crippen LogP contribution in [0.2, 0.25) is 10.0 Å². The number of thiophene rings is 1. The van der Waals surface area contributed by atoms with Crippen molar-refractivity contribution in [3.63, 3.8) is 0 Å². The predicted octanol–water partition coefficient (Wildman–Crippen LogP) is 5.18. The van der Waals surface area contributed by atoms with Gasteiger partial charge in [-0.3, -0.25) is 4.79 Å². The van der Waals surface area contributed by atoms with Crippen molar-refractivity contribution in [2.45, 2.75) is 36.9 Å². The molecule has 0 saturated carbocycles. The quantitative estimate of drug-likeness (QED) is 0.320. The van der Waals surface area contributed by atoms with Gasteiger partial charge in [0.2, 0.25) is 22.7 Å². The van der Waals surface area contributed by atoms with Crippen molar-refractivity contribution in [3.8, 4) is 11.5 Å². The smallest absolute Gasteiger partial charge is 0.245 e. The molecule has 0 aliphatic carbocycles. The molecule has 1 atom stereocenters. The van der Waals surface area contributed by atoms with Crippen LogP contribution in [0.3, 0.4) is 0 Å². The fourth-order valence-electron chi connectivity index (χ4n) is 4.41. The Balaban J connectivity index is 1.43. The molecule has 1 unspecified atom stereocenters. The third-order valence-corrected chi connectivity index (χ3v) is 9.73. The van der Waals surface area contributed by atoms with Gasteiger partial charge in [0.05, 0.1) is 24.2 Å². The summed E-state index contributed by atoms with van der Waals surface area (Å²) in [6.07, 6.45) is 1.23. The fraction of sp³-hybridized carbons (Fsp3) is 0.346. The zero-order valence-corrected chi connectivity index (χ0v) is 23.5. The molecule has 0 radical (unpaired) electrons. The molecule has 1 saturated heterocycles. The summed E-state index contributed by atoms with van der Waals surface area (Å²) in [6.45, 7) is 0.961. The highest BCUT2D eigenvalue weighted by molar-refractivity contribution is 7.89. The first-order valence-electron chi connectivity index (χ1n) is 12.0. The van der Waals surface area contributed by atoms with Gasteiger partial charge in [-0.1, -0.05) is 35.3 Å². The molecule has 38 heavy (non-hydrogen) atoms. The molecule has 0 N–H and O–H groups in total. The highest BCUT2D eigenvalue weighted by Crippen LogP contribution is 2.33. The Morgan fingerprint density at radius 1 is 1.05 bits per heavy atom. The van der Waals surface area contributed by atoms with E-state index in [4.69, 9.17) is 37.4 Å². The zero-order chi connectivity index (χ0) is 26.7. The molecule has 2 aliphatic rings. The number of amides is 1. The summed E-state index contributed by atoms with van der Waals surface area (Å²) in [4.78, 5) is 16.3. The lowest BCUT2D eigenvalue weighted by Gasteiger charge is -2.29. The number of carbonyl (C=O) groups excluding carboxylic acids is 1. The van der Waals surface area contributed by atoms with E-state index in [1.807, 2.05) is 29.6 Å². The number of halogens is 2. The first kappa shape index (κ1) is 27.2. The van der Waals surface area contributed by atoms with Crippen molar-refractivity contribution in [1.82, 2.24) is 9.21 Å². The molecule has 8 nitrogen and oxygen atoms in total. The minimum atomic E-state index is -4.16. The van der Waals surface area contributed by atoms with Crippen LogP contribution in [0.4, 0.5) is 0 Å². The van der Waals surface area contributed by atoms with Gasteiger partial charge in [-0.05, 0) is 60.2 Å². The van der Waals surface area contributed by atoms with E-state index in [2.05, 4.69) is 0 Å². The molecule has 0 bridgehead atoms. The van der Waals surface area contributed by atoms with E-state index < -0.39 is 10.0 Å². The summed E-state index contributed by atoms with van der Waals surface area (Å²) in [5.74, 6) is 0.914. The second kappa shape index (κ2) is 11.8. The Kier molecular flexibility index (Phi) is 8.47. The summed E-state index contributed by atoms with van der Waals surface area (Å²) >= 11 is 13.9. The van der Waals surface area contributed by atoms with Gasteiger partial charge < -0.3 is 19.1 Å².